The van der Waals surface area contributed by atoms with E-state index in [9.17, 15) is 4.79 Å². The van der Waals surface area contributed by atoms with E-state index in [1.165, 1.54) is 12.8 Å². The molecule has 8 heteroatoms. The van der Waals surface area contributed by atoms with Gasteiger partial charge in [-0.15, -0.1) is 10.2 Å². The lowest BCUT2D eigenvalue weighted by Gasteiger charge is -2.32. The molecule has 1 saturated heterocycles. The summed E-state index contributed by atoms with van der Waals surface area (Å²) in [6.45, 7) is 5.54. The fourth-order valence-corrected chi connectivity index (χ4v) is 4.04. The molecule has 0 atom stereocenters. The zero-order valence-electron chi connectivity index (χ0n) is 16.8. The van der Waals surface area contributed by atoms with E-state index >= 15 is 0 Å². The molecule has 5 rings (SSSR count). The van der Waals surface area contributed by atoms with E-state index in [2.05, 4.69) is 34.6 Å². The molecular formula is C21H25N7O. The summed E-state index contributed by atoms with van der Waals surface area (Å²) in [6.07, 6.45) is 8.30. The van der Waals surface area contributed by atoms with Crippen LogP contribution < -0.4 is 10.5 Å². The van der Waals surface area contributed by atoms with E-state index < -0.39 is 0 Å². The molecule has 0 spiro atoms. The zero-order chi connectivity index (χ0) is 20.0. The summed E-state index contributed by atoms with van der Waals surface area (Å²) in [4.78, 5) is 26.3. The van der Waals surface area contributed by atoms with Gasteiger partial charge in [-0.25, -0.2) is 9.97 Å². The van der Waals surface area contributed by atoms with Gasteiger partial charge in [-0.3, -0.25) is 4.79 Å². The molecular weight excluding hydrogens is 366 g/mol. The number of nitrogens with one attached hydrogen (secondary N) is 1. The predicted molar refractivity (Wildman–Crippen MR) is 110 cm³/mol. The smallest absolute Gasteiger partial charge is 0.254 e. The maximum absolute atomic E-state index is 12.0. The van der Waals surface area contributed by atoms with Crippen LogP contribution in [0.1, 0.15) is 54.7 Å². The Kier molecular flexibility index (Phi) is 4.41. The molecule has 150 valence electrons. The molecule has 3 aromatic heterocycles. The highest BCUT2D eigenvalue weighted by Gasteiger charge is 2.31. The topological polar surface area (TPSA) is 92.6 Å². The second-order valence-corrected chi connectivity index (χ2v) is 8.12. The molecule has 1 saturated carbocycles. The Balaban J connectivity index is 1.28. The highest BCUT2D eigenvalue weighted by Crippen LogP contribution is 2.38. The third-order valence-electron chi connectivity index (χ3n) is 6.14. The van der Waals surface area contributed by atoms with Crippen LogP contribution in [0.15, 0.2) is 29.5 Å². The molecule has 8 nitrogen and oxygen atoms in total. The SMILES string of the molecule is Cc1nc(-c2ccc(N3CCC(c4nncn4C4CC4)CC3)nc2)[nH]c(=O)c1C. The second-order valence-electron chi connectivity index (χ2n) is 8.12. The van der Waals surface area contributed by atoms with Crippen LogP contribution in [0, 0.1) is 13.8 Å². The van der Waals surface area contributed by atoms with Gasteiger partial charge in [0.2, 0.25) is 0 Å². The first-order valence-electron chi connectivity index (χ1n) is 10.3. The van der Waals surface area contributed by atoms with Gasteiger partial charge in [0.25, 0.3) is 5.56 Å². The van der Waals surface area contributed by atoms with Gasteiger partial charge in [0.05, 0.1) is 0 Å². The van der Waals surface area contributed by atoms with Gasteiger partial charge < -0.3 is 14.5 Å². The van der Waals surface area contributed by atoms with Crippen LogP contribution in [-0.4, -0.2) is 42.8 Å². The van der Waals surface area contributed by atoms with Crippen molar-refractivity contribution in [3.8, 4) is 11.4 Å². The molecule has 0 unspecified atom stereocenters. The largest absolute Gasteiger partial charge is 0.357 e. The van der Waals surface area contributed by atoms with E-state index in [0.717, 1.165) is 48.8 Å². The quantitative estimate of drug-likeness (QED) is 0.735. The molecule has 4 heterocycles. The third-order valence-corrected chi connectivity index (χ3v) is 6.14. The first-order valence-corrected chi connectivity index (χ1v) is 10.3. The van der Waals surface area contributed by atoms with Gasteiger partial charge in [0, 0.05) is 48.1 Å². The van der Waals surface area contributed by atoms with Crippen LogP contribution in [0.5, 0.6) is 0 Å². The van der Waals surface area contributed by atoms with E-state index in [4.69, 9.17) is 0 Å². The van der Waals surface area contributed by atoms with Gasteiger partial charge in [-0.05, 0) is 51.7 Å². The Labute approximate surface area is 169 Å². The van der Waals surface area contributed by atoms with Crippen molar-refractivity contribution in [3.05, 3.63) is 52.1 Å². The summed E-state index contributed by atoms with van der Waals surface area (Å²) in [5.74, 6) is 3.15. The zero-order valence-corrected chi connectivity index (χ0v) is 16.8. The Morgan fingerprint density at radius 3 is 2.55 bits per heavy atom. The minimum Gasteiger partial charge on any atom is -0.357 e. The van der Waals surface area contributed by atoms with Crippen LogP contribution in [0.2, 0.25) is 0 Å². The minimum atomic E-state index is -0.0994. The molecule has 1 N–H and O–H groups in total. The first-order chi connectivity index (χ1) is 14.1. The van der Waals surface area contributed by atoms with Crippen molar-refractivity contribution in [1.29, 1.82) is 0 Å². The maximum atomic E-state index is 12.0. The minimum absolute atomic E-state index is 0.0994. The Morgan fingerprint density at radius 1 is 1.10 bits per heavy atom. The van der Waals surface area contributed by atoms with Crippen LogP contribution >= 0.6 is 0 Å². The third kappa shape index (κ3) is 3.43. The molecule has 1 aliphatic heterocycles. The molecule has 0 aromatic carbocycles. The number of aromatic amines is 1. The van der Waals surface area contributed by atoms with Crippen molar-refractivity contribution in [2.45, 2.75) is 51.5 Å². The number of hydrogen-bond donors (Lipinski definition) is 1. The molecule has 2 aliphatic rings. The van der Waals surface area contributed by atoms with E-state index in [-0.39, 0.29) is 5.56 Å². The monoisotopic (exact) mass is 391 g/mol. The first kappa shape index (κ1) is 18.0. The van der Waals surface area contributed by atoms with Gasteiger partial charge in [-0.2, -0.15) is 0 Å². The fourth-order valence-electron chi connectivity index (χ4n) is 4.04. The predicted octanol–water partition coefficient (Wildman–Crippen LogP) is 2.76. The van der Waals surface area contributed by atoms with Gasteiger partial charge in [0.15, 0.2) is 0 Å². The van der Waals surface area contributed by atoms with Crippen LogP contribution in [0.3, 0.4) is 0 Å². The van der Waals surface area contributed by atoms with Gasteiger partial charge >= 0.3 is 0 Å². The van der Waals surface area contributed by atoms with Crippen molar-refractivity contribution >= 4 is 5.82 Å². The normalized spacial score (nSPS) is 17.7. The van der Waals surface area contributed by atoms with Crippen LogP contribution in [0.25, 0.3) is 11.4 Å². The number of piperidine rings is 1. The summed E-state index contributed by atoms with van der Waals surface area (Å²) >= 11 is 0. The van der Waals surface area contributed by atoms with E-state index in [1.807, 2.05) is 25.4 Å². The summed E-state index contributed by atoms with van der Waals surface area (Å²) in [5, 5.41) is 8.56. The Morgan fingerprint density at radius 2 is 1.90 bits per heavy atom. The molecule has 29 heavy (non-hydrogen) atoms. The second kappa shape index (κ2) is 7.09. The lowest BCUT2D eigenvalue weighted by Crippen LogP contribution is -2.34. The number of pyridine rings is 1. The van der Waals surface area contributed by atoms with Gasteiger partial charge in [0.1, 0.15) is 23.8 Å². The highest BCUT2D eigenvalue weighted by molar-refractivity contribution is 5.56. The number of rotatable bonds is 4. The molecule has 0 amide bonds. The Bertz CT molecular complexity index is 1070. The van der Waals surface area contributed by atoms with E-state index in [0.29, 0.717) is 23.3 Å². The van der Waals surface area contributed by atoms with Crippen molar-refractivity contribution in [3.63, 3.8) is 0 Å². The lowest BCUT2D eigenvalue weighted by atomic mass is 9.96. The molecule has 3 aromatic rings. The molecule has 0 radical (unpaired) electrons. The van der Waals surface area contributed by atoms with Gasteiger partial charge in [-0.1, -0.05) is 0 Å². The van der Waals surface area contributed by atoms with Crippen LogP contribution in [-0.2, 0) is 0 Å². The van der Waals surface area contributed by atoms with Crippen molar-refractivity contribution in [2.75, 3.05) is 18.0 Å². The molecule has 2 fully saturated rings. The number of aryl methyl sites for hydroxylation is 1. The van der Waals surface area contributed by atoms with Crippen molar-refractivity contribution < 1.29 is 0 Å². The van der Waals surface area contributed by atoms with E-state index in [1.54, 1.807) is 13.1 Å². The lowest BCUT2D eigenvalue weighted by molar-refractivity contribution is 0.463. The van der Waals surface area contributed by atoms with Crippen LogP contribution in [0.4, 0.5) is 5.82 Å². The summed E-state index contributed by atoms with van der Waals surface area (Å²) in [7, 11) is 0. The number of H-pyrrole nitrogens is 1. The molecule has 0 bridgehead atoms. The number of hydrogen-bond acceptors (Lipinski definition) is 6. The van der Waals surface area contributed by atoms with Crippen molar-refractivity contribution in [2.24, 2.45) is 0 Å². The number of anilines is 1. The summed E-state index contributed by atoms with van der Waals surface area (Å²) < 4.78 is 2.28. The number of nitrogens with zero attached hydrogens (tertiary/aromatic N) is 6. The highest BCUT2D eigenvalue weighted by atomic mass is 16.1. The number of aromatic nitrogens is 6. The average Bonchev–Trinajstić information content (AvgIpc) is 3.48. The average molecular weight is 391 g/mol. The molecule has 1 aliphatic carbocycles. The Hall–Kier alpha value is -3.03. The standard InChI is InChI=1S/C21H25N7O/c1-13-14(2)24-19(25-21(13)29)16-3-6-18(22-11-16)27-9-7-15(8-10-27)20-26-23-12-28(20)17-4-5-17/h3,6,11-12,15,17H,4-5,7-10H2,1-2H3,(H,24,25,29). The fraction of sp³-hybridized carbons (Fsp3) is 0.476. The summed E-state index contributed by atoms with van der Waals surface area (Å²) in [6, 6.07) is 4.61. The summed E-state index contributed by atoms with van der Waals surface area (Å²) in [5.41, 5.74) is 2.12. The van der Waals surface area contributed by atoms with Crippen molar-refractivity contribution in [1.82, 2.24) is 29.7 Å². The maximum Gasteiger partial charge on any atom is 0.254 e.